The van der Waals surface area contributed by atoms with Gasteiger partial charge in [-0.1, -0.05) is 5.11 Å². The largest absolute Gasteiger partial charge is 0.388 e. The third-order valence-corrected chi connectivity index (χ3v) is 2.14. The molecule has 6 N–H and O–H groups in total. The van der Waals surface area contributed by atoms with Gasteiger partial charge in [0.2, 0.25) is 0 Å². The van der Waals surface area contributed by atoms with E-state index in [2.05, 4.69) is 14.8 Å². The Bertz CT molecular complexity index is 279. The van der Waals surface area contributed by atoms with Crippen molar-refractivity contribution in [3.8, 4) is 0 Å². The van der Waals surface area contributed by atoms with E-state index in [-0.39, 0.29) is 6.54 Å². The number of aliphatic hydroxyl groups excluding tert-OH is 3. The average molecular weight is 220 g/mol. The monoisotopic (exact) mass is 220 g/mol. The third-order valence-electron chi connectivity index (χ3n) is 2.14. The Morgan fingerprint density at radius 1 is 1.40 bits per heavy atom. The van der Waals surface area contributed by atoms with E-state index in [1.807, 2.05) is 0 Å². The van der Waals surface area contributed by atoms with Crippen molar-refractivity contribution in [3.63, 3.8) is 0 Å². The van der Waals surface area contributed by atoms with Crippen molar-refractivity contribution in [2.45, 2.75) is 30.3 Å². The summed E-state index contributed by atoms with van der Waals surface area (Å²) in [6.07, 6.45) is -6.17. The number of hydrogen-bond donors (Lipinski definition) is 5. The smallest absolute Gasteiger partial charge is 0.252 e. The molecule has 0 aliphatic carbocycles. The lowest BCUT2D eigenvalue weighted by Gasteiger charge is -2.43. The van der Waals surface area contributed by atoms with Crippen molar-refractivity contribution in [3.05, 3.63) is 10.4 Å². The fourth-order valence-electron chi connectivity index (χ4n) is 1.30. The highest BCUT2D eigenvalue weighted by molar-refractivity contribution is 4.94. The maximum absolute atomic E-state index is 9.38. The molecular formula is C6H12N4O5. The van der Waals surface area contributed by atoms with Crippen molar-refractivity contribution in [2.75, 3.05) is 6.54 Å². The Morgan fingerprint density at radius 3 is 2.53 bits per heavy atom. The molecule has 0 amide bonds. The molecule has 1 heterocycles. The zero-order valence-corrected chi connectivity index (χ0v) is 7.63. The predicted molar refractivity (Wildman–Crippen MR) is 46.0 cm³/mol. The van der Waals surface area contributed by atoms with Gasteiger partial charge < -0.3 is 25.2 Å². The van der Waals surface area contributed by atoms with Crippen molar-refractivity contribution in [1.29, 1.82) is 0 Å². The van der Waals surface area contributed by atoms with Crippen LogP contribution in [0.4, 0.5) is 0 Å². The summed E-state index contributed by atoms with van der Waals surface area (Å²) in [7, 11) is 0. The fraction of sp³-hybridized carbons (Fsp3) is 1.00. The van der Waals surface area contributed by atoms with Gasteiger partial charge in [0.05, 0.1) is 12.6 Å². The van der Waals surface area contributed by atoms with Gasteiger partial charge in [-0.15, -0.1) is 0 Å². The quantitative estimate of drug-likeness (QED) is 0.148. The number of nitrogens with zero attached hydrogens (tertiary/aromatic N) is 3. The van der Waals surface area contributed by atoms with E-state index >= 15 is 0 Å². The molecule has 1 fully saturated rings. The fourth-order valence-corrected chi connectivity index (χ4v) is 1.30. The highest BCUT2D eigenvalue weighted by Crippen LogP contribution is 2.24. The van der Waals surface area contributed by atoms with Crippen molar-refractivity contribution >= 4 is 0 Å². The highest BCUT2D eigenvalue weighted by Gasteiger charge is 2.50. The Kier molecular flexibility index (Phi) is 3.47. The molecule has 86 valence electrons. The topological polar surface area (TPSA) is 165 Å². The van der Waals surface area contributed by atoms with Gasteiger partial charge in [-0.2, -0.15) is 0 Å². The molecular weight excluding hydrogens is 208 g/mol. The van der Waals surface area contributed by atoms with Crippen LogP contribution in [0.3, 0.4) is 0 Å². The summed E-state index contributed by atoms with van der Waals surface area (Å²) < 4.78 is 4.68. The summed E-state index contributed by atoms with van der Waals surface area (Å²) in [5, 5.41) is 40.3. The first-order valence-corrected chi connectivity index (χ1v) is 4.14. The number of nitrogens with two attached hydrogens (primary N) is 1. The van der Waals surface area contributed by atoms with Gasteiger partial charge in [-0.25, -0.2) is 0 Å². The standard InChI is InChI=1S/C6H12N4O5/c7-6(14)5(13)4(12)3(11)2(15-6)1-9-10-8/h2-5,11-14H,1,7H2/t2-,3-,4+,5-,6+/m1/s1. The molecule has 5 atom stereocenters. The Balaban J connectivity index is 2.79. The second-order valence-electron chi connectivity index (χ2n) is 3.25. The Hall–Kier alpha value is -0.930. The maximum atomic E-state index is 9.38. The van der Waals surface area contributed by atoms with Gasteiger partial charge in [-0.3, -0.25) is 5.73 Å². The van der Waals surface area contributed by atoms with Crippen LogP contribution in [-0.2, 0) is 4.74 Å². The first kappa shape index (κ1) is 12.1. The average Bonchev–Trinajstić information content (AvgIpc) is 2.19. The van der Waals surface area contributed by atoms with E-state index in [4.69, 9.17) is 11.3 Å². The molecule has 0 aromatic heterocycles. The molecule has 0 radical (unpaired) electrons. The van der Waals surface area contributed by atoms with E-state index in [1.54, 1.807) is 0 Å². The zero-order chi connectivity index (χ0) is 11.6. The molecule has 1 saturated heterocycles. The first-order valence-electron chi connectivity index (χ1n) is 4.14. The van der Waals surface area contributed by atoms with Crippen LogP contribution in [0.15, 0.2) is 5.11 Å². The van der Waals surface area contributed by atoms with Crippen molar-refractivity contribution < 1.29 is 25.2 Å². The van der Waals surface area contributed by atoms with Crippen LogP contribution in [0.1, 0.15) is 0 Å². The summed E-state index contributed by atoms with van der Waals surface area (Å²) in [5.74, 6) is -2.48. The van der Waals surface area contributed by atoms with Gasteiger partial charge in [-0.05, 0) is 5.53 Å². The van der Waals surface area contributed by atoms with Gasteiger partial charge in [0.25, 0.3) is 5.91 Å². The third kappa shape index (κ3) is 2.36. The molecule has 1 aliphatic rings. The molecule has 15 heavy (non-hydrogen) atoms. The van der Waals surface area contributed by atoms with Crippen molar-refractivity contribution in [1.82, 2.24) is 0 Å². The van der Waals surface area contributed by atoms with Crippen LogP contribution < -0.4 is 5.73 Å². The summed E-state index contributed by atoms with van der Waals surface area (Å²) in [4.78, 5) is 2.42. The van der Waals surface area contributed by atoms with Crippen molar-refractivity contribution in [2.24, 2.45) is 10.8 Å². The molecule has 0 saturated carbocycles. The van der Waals surface area contributed by atoms with Gasteiger partial charge in [0.1, 0.15) is 12.2 Å². The lowest BCUT2D eigenvalue weighted by molar-refractivity contribution is -0.341. The minimum absolute atomic E-state index is 0.318. The molecule has 9 heteroatoms. The van der Waals surface area contributed by atoms with Gasteiger partial charge in [0, 0.05) is 4.91 Å². The summed E-state index contributed by atoms with van der Waals surface area (Å²) >= 11 is 0. The van der Waals surface area contributed by atoms with E-state index in [0.717, 1.165) is 0 Å². The summed E-state index contributed by atoms with van der Waals surface area (Å²) in [5.41, 5.74) is 13.2. The molecule has 1 aliphatic heterocycles. The number of rotatable bonds is 2. The zero-order valence-electron chi connectivity index (χ0n) is 7.63. The van der Waals surface area contributed by atoms with Crippen LogP contribution in [-0.4, -0.2) is 57.3 Å². The SMILES string of the molecule is [N-]=[N+]=NC[C@H]1O[C@@](N)(O)[C@H](O)[C@@H](O)[C@@H]1O. The highest BCUT2D eigenvalue weighted by atomic mass is 16.7. The van der Waals surface area contributed by atoms with Gasteiger partial charge in [0.15, 0.2) is 6.10 Å². The molecule has 0 aromatic carbocycles. The van der Waals surface area contributed by atoms with E-state index < -0.39 is 30.3 Å². The maximum Gasteiger partial charge on any atom is 0.252 e. The minimum atomic E-state index is -2.48. The lowest BCUT2D eigenvalue weighted by atomic mass is 9.97. The minimum Gasteiger partial charge on any atom is -0.388 e. The first-order chi connectivity index (χ1) is 6.90. The Morgan fingerprint density at radius 2 is 2.00 bits per heavy atom. The molecule has 0 aromatic rings. The molecule has 1 rings (SSSR count). The second kappa shape index (κ2) is 4.29. The van der Waals surface area contributed by atoms with Crippen LogP contribution in [0, 0.1) is 0 Å². The number of ether oxygens (including phenoxy) is 1. The molecule has 0 bridgehead atoms. The lowest BCUT2D eigenvalue weighted by Crippen LogP contribution is -2.68. The molecule has 9 nitrogen and oxygen atoms in total. The number of hydrogen-bond acceptors (Lipinski definition) is 7. The van der Waals surface area contributed by atoms with Gasteiger partial charge >= 0.3 is 0 Å². The second-order valence-corrected chi connectivity index (χ2v) is 3.25. The summed E-state index contributed by atoms with van der Waals surface area (Å²) in [6.45, 7) is -0.318. The normalized spacial score (nSPS) is 45.9. The van der Waals surface area contributed by atoms with E-state index in [0.29, 0.717) is 0 Å². The van der Waals surface area contributed by atoms with E-state index in [1.165, 1.54) is 0 Å². The van der Waals surface area contributed by atoms with E-state index in [9.17, 15) is 20.4 Å². The summed E-state index contributed by atoms with van der Waals surface area (Å²) in [6, 6.07) is 0. The number of azide groups is 1. The predicted octanol–water partition coefficient (Wildman–Crippen LogP) is -2.62. The molecule has 0 spiro atoms. The van der Waals surface area contributed by atoms with Crippen LogP contribution in [0.5, 0.6) is 0 Å². The van der Waals surface area contributed by atoms with Crippen LogP contribution in [0.2, 0.25) is 0 Å². The molecule has 0 unspecified atom stereocenters. The Labute approximate surface area is 84.3 Å². The number of aliphatic hydroxyl groups is 4. The van der Waals surface area contributed by atoms with Crippen LogP contribution in [0.25, 0.3) is 10.4 Å². The van der Waals surface area contributed by atoms with Crippen LogP contribution >= 0.6 is 0 Å².